The third-order valence-corrected chi connectivity index (χ3v) is 7.00. The van der Waals surface area contributed by atoms with Gasteiger partial charge in [-0.1, -0.05) is 19.1 Å². The summed E-state index contributed by atoms with van der Waals surface area (Å²) >= 11 is 0. The normalized spacial score (nSPS) is 32.0. The lowest BCUT2D eigenvalue weighted by Gasteiger charge is -2.38. The molecule has 2 heterocycles. The van der Waals surface area contributed by atoms with Crippen LogP contribution in [0.1, 0.15) is 56.7 Å². The summed E-state index contributed by atoms with van der Waals surface area (Å²) in [5.74, 6) is 1.00. The zero-order valence-electron chi connectivity index (χ0n) is 16.7. The Hall–Kier alpha value is -2.17. The number of hydrogen-bond donors (Lipinski definition) is 1. The van der Waals surface area contributed by atoms with Crippen LogP contribution in [0.4, 0.5) is 0 Å². The highest BCUT2D eigenvalue weighted by Crippen LogP contribution is 2.38. The number of aromatic amines is 1. The van der Waals surface area contributed by atoms with Gasteiger partial charge < -0.3 is 4.90 Å². The first kappa shape index (κ1) is 17.9. The van der Waals surface area contributed by atoms with Crippen LogP contribution < -0.4 is 0 Å². The average Bonchev–Trinajstić information content (AvgIpc) is 3.44. The molecule has 0 saturated heterocycles. The number of nitrogens with one attached hydrogen (secondary N) is 1. The fourth-order valence-corrected chi connectivity index (χ4v) is 5.25. The number of rotatable bonds is 4. The van der Waals surface area contributed by atoms with Crippen molar-refractivity contribution in [2.24, 2.45) is 16.8 Å². The predicted octanol–water partition coefficient (Wildman–Crippen LogP) is 3.63. The zero-order valence-corrected chi connectivity index (χ0v) is 16.7. The number of amides is 1. The maximum Gasteiger partial charge on any atom is 0.226 e. The Balaban J connectivity index is 1.27. The SMILES string of the molecule is CC1C=CC=NC1C1=CCC(C(=O)N(C2CC2)C2CCc3[nH]ncc3C2)CC1. The molecule has 1 aromatic heterocycles. The first-order valence-corrected chi connectivity index (χ1v) is 10.9. The van der Waals surface area contributed by atoms with Gasteiger partial charge in [-0.25, -0.2) is 0 Å². The topological polar surface area (TPSA) is 61.4 Å². The molecule has 1 amide bonds. The molecule has 1 aromatic rings. The summed E-state index contributed by atoms with van der Waals surface area (Å²) in [7, 11) is 0. The second kappa shape index (κ2) is 7.34. The fourth-order valence-electron chi connectivity index (χ4n) is 5.25. The van der Waals surface area contributed by atoms with Gasteiger partial charge in [-0.2, -0.15) is 5.10 Å². The molecule has 4 atom stereocenters. The van der Waals surface area contributed by atoms with Crippen LogP contribution in [-0.4, -0.2) is 45.3 Å². The van der Waals surface area contributed by atoms with Gasteiger partial charge in [-0.3, -0.25) is 14.9 Å². The van der Waals surface area contributed by atoms with E-state index in [-0.39, 0.29) is 12.0 Å². The smallest absolute Gasteiger partial charge is 0.226 e. The number of aryl methyl sites for hydroxylation is 1. The summed E-state index contributed by atoms with van der Waals surface area (Å²) in [6.07, 6.45) is 18.7. The van der Waals surface area contributed by atoms with Gasteiger partial charge in [0.1, 0.15) is 0 Å². The Labute approximate surface area is 167 Å². The van der Waals surface area contributed by atoms with Crippen molar-refractivity contribution in [3.63, 3.8) is 0 Å². The molecule has 0 radical (unpaired) electrons. The Morgan fingerprint density at radius 3 is 2.82 bits per heavy atom. The number of H-pyrrole nitrogens is 1. The minimum atomic E-state index is 0.147. The molecule has 1 aliphatic heterocycles. The Kier molecular flexibility index (Phi) is 4.69. The second-order valence-corrected chi connectivity index (χ2v) is 8.98. The van der Waals surface area contributed by atoms with Gasteiger partial charge in [0, 0.05) is 35.8 Å². The van der Waals surface area contributed by atoms with Crippen LogP contribution >= 0.6 is 0 Å². The van der Waals surface area contributed by atoms with E-state index in [4.69, 9.17) is 0 Å². The average molecular weight is 379 g/mol. The van der Waals surface area contributed by atoms with Crippen molar-refractivity contribution in [2.75, 3.05) is 0 Å². The van der Waals surface area contributed by atoms with E-state index in [1.807, 2.05) is 18.5 Å². The summed E-state index contributed by atoms with van der Waals surface area (Å²) in [5.41, 5.74) is 3.99. The number of dihydropyridines is 1. The molecule has 0 bridgehead atoms. The molecule has 1 N–H and O–H groups in total. The Bertz CT molecular complexity index is 831. The third kappa shape index (κ3) is 3.36. The maximum atomic E-state index is 13.5. The number of nitrogens with zero attached hydrogens (tertiary/aromatic N) is 3. The predicted molar refractivity (Wildman–Crippen MR) is 110 cm³/mol. The highest BCUT2D eigenvalue weighted by Gasteiger charge is 2.41. The number of carbonyl (C=O) groups is 1. The molecule has 1 fully saturated rings. The zero-order chi connectivity index (χ0) is 19.1. The highest BCUT2D eigenvalue weighted by molar-refractivity contribution is 5.80. The quantitative estimate of drug-likeness (QED) is 0.813. The monoisotopic (exact) mass is 378 g/mol. The van der Waals surface area contributed by atoms with Gasteiger partial charge in [0.25, 0.3) is 0 Å². The van der Waals surface area contributed by atoms with Crippen molar-refractivity contribution in [3.05, 3.63) is 41.3 Å². The molecular weight excluding hydrogens is 348 g/mol. The fraction of sp³-hybridized carbons (Fsp3) is 0.609. The van der Waals surface area contributed by atoms with Crippen molar-refractivity contribution < 1.29 is 4.79 Å². The molecule has 5 heteroatoms. The second-order valence-electron chi connectivity index (χ2n) is 8.98. The Morgan fingerprint density at radius 2 is 2.07 bits per heavy atom. The Morgan fingerprint density at radius 1 is 1.18 bits per heavy atom. The molecule has 4 aliphatic rings. The van der Waals surface area contributed by atoms with Crippen LogP contribution in [-0.2, 0) is 17.6 Å². The van der Waals surface area contributed by atoms with Crippen LogP contribution in [0, 0.1) is 11.8 Å². The molecular formula is C23H30N4O. The van der Waals surface area contributed by atoms with Gasteiger partial charge in [0.2, 0.25) is 5.91 Å². The van der Waals surface area contributed by atoms with E-state index in [1.165, 1.54) is 29.7 Å². The highest BCUT2D eigenvalue weighted by atomic mass is 16.2. The molecule has 1 saturated carbocycles. The number of aliphatic imine (C=N–C) groups is 1. The minimum Gasteiger partial charge on any atom is -0.336 e. The third-order valence-electron chi connectivity index (χ3n) is 7.00. The largest absolute Gasteiger partial charge is 0.336 e. The lowest BCUT2D eigenvalue weighted by molar-refractivity contribution is -0.139. The van der Waals surface area contributed by atoms with Gasteiger partial charge in [0.15, 0.2) is 0 Å². The molecule has 28 heavy (non-hydrogen) atoms. The molecule has 3 aliphatic carbocycles. The van der Waals surface area contributed by atoms with Crippen molar-refractivity contribution in [1.82, 2.24) is 15.1 Å². The maximum absolute atomic E-state index is 13.5. The summed E-state index contributed by atoms with van der Waals surface area (Å²) < 4.78 is 0. The van der Waals surface area contributed by atoms with Crippen LogP contribution in [0.25, 0.3) is 0 Å². The molecule has 5 rings (SSSR count). The van der Waals surface area contributed by atoms with Crippen molar-refractivity contribution in [1.29, 1.82) is 0 Å². The molecule has 148 valence electrons. The van der Waals surface area contributed by atoms with E-state index in [0.29, 0.717) is 23.9 Å². The number of carbonyl (C=O) groups excluding carboxylic acids is 1. The van der Waals surface area contributed by atoms with Gasteiger partial charge in [0.05, 0.1) is 12.2 Å². The van der Waals surface area contributed by atoms with E-state index < -0.39 is 0 Å². The van der Waals surface area contributed by atoms with Crippen LogP contribution in [0.5, 0.6) is 0 Å². The van der Waals surface area contributed by atoms with Crippen LogP contribution in [0.15, 0.2) is 35.0 Å². The summed E-state index contributed by atoms with van der Waals surface area (Å²) in [4.78, 5) is 20.5. The minimum absolute atomic E-state index is 0.147. The molecule has 4 unspecified atom stereocenters. The lowest BCUT2D eigenvalue weighted by Crippen LogP contribution is -2.47. The first-order chi connectivity index (χ1) is 13.7. The van der Waals surface area contributed by atoms with E-state index >= 15 is 0 Å². The molecule has 0 spiro atoms. The molecule has 0 aromatic carbocycles. The first-order valence-electron chi connectivity index (χ1n) is 10.9. The summed E-state index contributed by atoms with van der Waals surface area (Å²) in [6.45, 7) is 2.23. The number of fused-ring (bicyclic) bond motifs is 1. The van der Waals surface area contributed by atoms with Gasteiger partial charge in [-0.05, 0) is 68.6 Å². The number of allylic oxidation sites excluding steroid dienone is 2. The van der Waals surface area contributed by atoms with Crippen LogP contribution in [0.2, 0.25) is 0 Å². The van der Waals surface area contributed by atoms with Gasteiger partial charge >= 0.3 is 0 Å². The molecule has 5 nitrogen and oxygen atoms in total. The van der Waals surface area contributed by atoms with Gasteiger partial charge in [-0.15, -0.1) is 0 Å². The van der Waals surface area contributed by atoms with E-state index in [2.05, 4.69) is 39.2 Å². The van der Waals surface area contributed by atoms with E-state index in [1.54, 1.807) is 0 Å². The van der Waals surface area contributed by atoms with Crippen LogP contribution in [0.3, 0.4) is 0 Å². The standard InChI is InChI=1S/C23H30N4O/c1-15-3-2-12-24-22(15)16-4-6-17(7-5-16)23(28)27(19-8-9-19)20-10-11-21-18(13-20)14-25-26-21/h2-4,12,14-15,17,19-20,22H,5-11,13H2,1H3,(H,25,26). The number of hydrogen-bond acceptors (Lipinski definition) is 3. The van der Waals surface area contributed by atoms with Crippen molar-refractivity contribution >= 4 is 12.1 Å². The summed E-state index contributed by atoms with van der Waals surface area (Å²) in [5, 5.41) is 7.32. The summed E-state index contributed by atoms with van der Waals surface area (Å²) in [6, 6.07) is 1.10. The van der Waals surface area contributed by atoms with Crippen molar-refractivity contribution in [2.45, 2.75) is 76.4 Å². The van der Waals surface area contributed by atoms with Crippen molar-refractivity contribution in [3.8, 4) is 0 Å². The lowest BCUT2D eigenvalue weighted by atomic mass is 9.81. The number of aromatic nitrogens is 2. The van der Waals surface area contributed by atoms with E-state index in [9.17, 15) is 4.79 Å². The van der Waals surface area contributed by atoms with E-state index in [0.717, 1.165) is 38.5 Å².